The van der Waals surface area contributed by atoms with Gasteiger partial charge >= 0.3 is 6.18 Å². The molecule has 0 saturated carbocycles. The van der Waals surface area contributed by atoms with Crippen molar-refractivity contribution in [2.24, 2.45) is 0 Å². The van der Waals surface area contributed by atoms with E-state index in [0.717, 1.165) is 24.5 Å². The summed E-state index contributed by atoms with van der Waals surface area (Å²) in [6.45, 7) is 0. The minimum atomic E-state index is -4.51. The summed E-state index contributed by atoms with van der Waals surface area (Å²) in [7, 11) is 0. The molecule has 0 amide bonds. The van der Waals surface area contributed by atoms with E-state index in [1.807, 2.05) is 0 Å². The maximum absolute atomic E-state index is 12.7. The van der Waals surface area contributed by atoms with Crippen molar-refractivity contribution < 1.29 is 32.2 Å². The Kier molecular flexibility index (Phi) is 4.48. The third-order valence-corrected chi connectivity index (χ3v) is 3.15. The monoisotopic (exact) mass is 365 g/mol. The molecule has 0 unspecified atom stereocenters. The summed E-state index contributed by atoms with van der Waals surface area (Å²) in [6, 6.07) is 5.39. The average molecular weight is 365 g/mol. The smallest absolute Gasteiger partial charge is 0.416 e. The van der Waals surface area contributed by atoms with Gasteiger partial charge in [-0.1, -0.05) is 6.07 Å². The zero-order valence-corrected chi connectivity index (χ0v) is 12.8. The molecule has 0 atom stereocenters. The van der Waals surface area contributed by atoms with Crippen molar-refractivity contribution in [3.63, 3.8) is 0 Å². The van der Waals surface area contributed by atoms with Crippen LogP contribution in [0.5, 0.6) is 11.7 Å². The largest absolute Gasteiger partial charge is 0.504 e. The number of hydrogen-bond donors (Lipinski definition) is 2. The molecule has 0 fully saturated rings. The molecule has 0 aliphatic rings. The van der Waals surface area contributed by atoms with Crippen LogP contribution in [0.4, 0.5) is 13.2 Å². The van der Waals surface area contributed by atoms with Crippen molar-refractivity contribution in [1.29, 1.82) is 0 Å². The first kappa shape index (κ1) is 17.3. The molecule has 2 heterocycles. The number of rotatable bonds is 5. The fraction of sp³-hybridized carbons (Fsp3) is 0.0625. The predicted molar refractivity (Wildman–Crippen MR) is 81.5 cm³/mol. The highest BCUT2D eigenvalue weighted by atomic mass is 19.4. The molecule has 134 valence electrons. The Hall–Kier alpha value is -3.56. The quantitative estimate of drug-likeness (QED) is 0.403. The van der Waals surface area contributed by atoms with E-state index in [0.29, 0.717) is 0 Å². The van der Waals surface area contributed by atoms with E-state index in [-0.39, 0.29) is 23.1 Å². The number of nitrogens with one attached hydrogen (secondary N) is 1. The lowest BCUT2D eigenvalue weighted by Gasteiger charge is -2.08. The van der Waals surface area contributed by atoms with Gasteiger partial charge in [-0.2, -0.15) is 18.3 Å². The van der Waals surface area contributed by atoms with Gasteiger partial charge in [0.25, 0.3) is 5.95 Å². The summed E-state index contributed by atoms with van der Waals surface area (Å²) in [6.07, 6.45) is -1.36. The molecule has 0 bridgehead atoms. The molecule has 26 heavy (non-hydrogen) atoms. The van der Waals surface area contributed by atoms with Crippen molar-refractivity contribution in [2.45, 2.75) is 6.18 Å². The second-order valence-electron chi connectivity index (χ2n) is 5.00. The van der Waals surface area contributed by atoms with Gasteiger partial charge in [-0.05, 0) is 18.2 Å². The number of aliphatic hydroxyl groups excluding tert-OH is 1. The molecule has 3 aromatic rings. The second-order valence-corrected chi connectivity index (χ2v) is 5.00. The van der Waals surface area contributed by atoms with Crippen LogP contribution in [0.3, 0.4) is 0 Å². The Balaban J connectivity index is 1.74. The number of alkyl halides is 3. The standard InChI is InChI=1S/C16H10F3N3O4/c17-16(18,19)10-2-1-3-11(5-10)26-14-4-9(7-25-14)12(23)6-13(24)15-20-8-21-22-15/h1-8,24H,(H,20,21,22). The number of carbonyl (C=O) groups is 1. The van der Waals surface area contributed by atoms with Crippen LogP contribution in [0.25, 0.3) is 5.76 Å². The van der Waals surface area contributed by atoms with Gasteiger partial charge in [0.05, 0.1) is 11.1 Å². The van der Waals surface area contributed by atoms with Gasteiger partial charge < -0.3 is 14.3 Å². The lowest BCUT2D eigenvalue weighted by atomic mass is 10.2. The molecule has 0 radical (unpaired) electrons. The lowest BCUT2D eigenvalue weighted by molar-refractivity contribution is -0.137. The normalized spacial score (nSPS) is 12.2. The molecule has 2 N–H and O–H groups in total. The van der Waals surface area contributed by atoms with Crippen LogP contribution in [-0.2, 0) is 6.18 Å². The maximum Gasteiger partial charge on any atom is 0.416 e. The van der Waals surface area contributed by atoms with Gasteiger partial charge in [-0.3, -0.25) is 9.89 Å². The van der Waals surface area contributed by atoms with Crippen molar-refractivity contribution in [1.82, 2.24) is 15.2 Å². The van der Waals surface area contributed by atoms with Crippen molar-refractivity contribution in [3.8, 4) is 11.7 Å². The molecule has 10 heteroatoms. The maximum atomic E-state index is 12.7. The summed E-state index contributed by atoms with van der Waals surface area (Å²) < 4.78 is 48.3. The zero-order chi connectivity index (χ0) is 18.7. The molecule has 0 aliphatic heterocycles. The molecular formula is C16H10F3N3O4. The van der Waals surface area contributed by atoms with Crippen LogP contribution in [-0.4, -0.2) is 26.1 Å². The van der Waals surface area contributed by atoms with Crippen LogP contribution in [0.15, 0.2) is 53.4 Å². The number of ether oxygens (including phenoxy) is 1. The minimum Gasteiger partial charge on any atom is -0.504 e. The van der Waals surface area contributed by atoms with Crippen LogP contribution in [0.2, 0.25) is 0 Å². The Morgan fingerprint density at radius 2 is 2.12 bits per heavy atom. The number of aromatic amines is 1. The SMILES string of the molecule is O=C(C=C(O)c1nc[nH]n1)c1coc(Oc2cccc(C(F)(F)F)c2)c1. The van der Waals surface area contributed by atoms with Crippen LogP contribution >= 0.6 is 0 Å². The van der Waals surface area contributed by atoms with Crippen molar-refractivity contribution in [3.05, 3.63) is 65.9 Å². The molecule has 0 spiro atoms. The van der Waals surface area contributed by atoms with Crippen LogP contribution in [0.1, 0.15) is 21.7 Å². The zero-order valence-electron chi connectivity index (χ0n) is 12.8. The van der Waals surface area contributed by atoms with Crippen molar-refractivity contribution >= 4 is 11.5 Å². The van der Waals surface area contributed by atoms with Crippen LogP contribution < -0.4 is 4.74 Å². The molecule has 1 aromatic carbocycles. The molecule has 3 rings (SSSR count). The predicted octanol–water partition coefficient (Wildman–Crippen LogP) is 3.99. The first-order chi connectivity index (χ1) is 12.3. The number of nitrogens with zero attached hydrogens (tertiary/aromatic N) is 2. The Labute approximate surface area is 143 Å². The Morgan fingerprint density at radius 3 is 2.81 bits per heavy atom. The first-order valence-electron chi connectivity index (χ1n) is 7.08. The highest BCUT2D eigenvalue weighted by Crippen LogP contribution is 2.33. The number of hydrogen-bond acceptors (Lipinski definition) is 6. The van der Waals surface area contributed by atoms with E-state index in [1.165, 1.54) is 24.5 Å². The number of allylic oxidation sites excluding steroid dienone is 1. The molecule has 0 saturated heterocycles. The number of ketones is 1. The van der Waals surface area contributed by atoms with Crippen molar-refractivity contribution in [2.75, 3.05) is 0 Å². The molecular weight excluding hydrogens is 355 g/mol. The van der Waals surface area contributed by atoms with E-state index < -0.39 is 23.3 Å². The first-order valence-corrected chi connectivity index (χ1v) is 7.08. The van der Waals surface area contributed by atoms with Gasteiger partial charge in [0, 0.05) is 12.1 Å². The van der Waals surface area contributed by atoms with Crippen LogP contribution in [0, 0.1) is 0 Å². The third-order valence-electron chi connectivity index (χ3n) is 3.15. The average Bonchev–Trinajstić information content (AvgIpc) is 3.26. The number of aromatic nitrogens is 3. The number of halogens is 3. The van der Waals surface area contributed by atoms with Gasteiger partial charge in [-0.15, -0.1) is 0 Å². The molecule has 7 nitrogen and oxygen atoms in total. The number of carbonyl (C=O) groups excluding carboxylic acids is 1. The van der Waals surface area contributed by atoms with E-state index >= 15 is 0 Å². The van der Waals surface area contributed by atoms with E-state index in [1.54, 1.807) is 0 Å². The minimum absolute atomic E-state index is 0.0223. The number of benzene rings is 1. The summed E-state index contributed by atoms with van der Waals surface area (Å²) in [5.74, 6) is -1.44. The fourth-order valence-corrected chi connectivity index (χ4v) is 1.96. The summed E-state index contributed by atoms with van der Waals surface area (Å²) in [5.41, 5.74) is -0.855. The van der Waals surface area contributed by atoms with E-state index in [4.69, 9.17) is 9.15 Å². The number of aliphatic hydroxyl groups is 1. The summed E-state index contributed by atoms with van der Waals surface area (Å²) >= 11 is 0. The Bertz CT molecular complexity index is 946. The summed E-state index contributed by atoms with van der Waals surface area (Å²) in [4.78, 5) is 15.7. The fourth-order valence-electron chi connectivity index (χ4n) is 1.96. The highest BCUT2D eigenvalue weighted by Gasteiger charge is 2.30. The third kappa shape index (κ3) is 3.91. The van der Waals surface area contributed by atoms with Gasteiger partial charge in [0.2, 0.25) is 5.82 Å². The lowest BCUT2D eigenvalue weighted by Crippen LogP contribution is -2.04. The molecule has 0 aliphatic carbocycles. The second kappa shape index (κ2) is 6.75. The Morgan fingerprint density at radius 1 is 1.31 bits per heavy atom. The number of H-pyrrole nitrogens is 1. The topological polar surface area (TPSA) is 101 Å². The molecule has 2 aromatic heterocycles. The number of furan rings is 1. The highest BCUT2D eigenvalue weighted by molar-refractivity contribution is 6.07. The van der Waals surface area contributed by atoms with Gasteiger partial charge in [0.15, 0.2) is 11.5 Å². The van der Waals surface area contributed by atoms with E-state index in [2.05, 4.69) is 15.2 Å². The van der Waals surface area contributed by atoms with Gasteiger partial charge in [0.1, 0.15) is 18.3 Å². The van der Waals surface area contributed by atoms with E-state index in [9.17, 15) is 23.1 Å². The van der Waals surface area contributed by atoms with Gasteiger partial charge in [-0.25, -0.2) is 4.98 Å². The summed E-state index contributed by atoms with van der Waals surface area (Å²) in [5, 5.41) is 15.7.